The standard InChI is InChI=1S/C11H26O2Si2/c1-8-11(13-15(5,6)7)9-10-12-14(2,3)4/h8H,9-10H2,1-7H3/b11-8-. The van der Waals surface area contributed by atoms with Crippen molar-refractivity contribution < 1.29 is 8.85 Å². The molecule has 0 amide bonds. The van der Waals surface area contributed by atoms with Crippen molar-refractivity contribution in [2.24, 2.45) is 0 Å². The molecule has 0 aliphatic carbocycles. The summed E-state index contributed by atoms with van der Waals surface area (Å²) in [7, 11) is -2.82. The van der Waals surface area contributed by atoms with Crippen molar-refractivity contribution in [1.82, 2.24) is 0 Å². The summed E-state index contributed by atoms with van der Waals surface area (Å²) >= 11 is 0. The van der Waals surface area contributed by atoms with Crippen LogP contribution in [-0.4, -0.2) is 23.2 Å². The second kappa shape index (κ2) is 5.87. The zero-order valence-electron chi connectivity index (χ0n) is 11.3. The Labute approximate surface area is 96.9 Å². The lowest BCUT2D eigenvalue weighted by atomic mass is 10.3. The van der Waals surface area contributed by atoms with Crippen LogP contribution in [0.3, 0.4) is 0 Å². The topological polar surface area (TPSA) is 18.5 Å². The summed E-state index contributed by atoms with van der Waals surface area (Å²) in [5, 5.41) is 0. The normalized spacial score (nSPS) is 14.2. The minimum Gasteiger partial charge on any atom is -0.548 e. The molecule has 0 aliphatic heterocycles. The highest BCUT2D eigenvalue weighted by Gasteiger charge is 2.18. The molecule has 0 radical (unpaired) electrons. The molecule has 0 heterocycles. The van der Waals surface area contributed by atoms with Gasteiger partial charge < -0.3 is 8.85 Å². The first-order chi connectivity index (χ1) is 6.64. The van der Waals surface area contributed by atoms with E-state index >= 15 is 0 Å². The van der Waals surface area contributed by atoms with Crippen LogP contribution in [0, 0.1) is 0 Å². The molecule has 0 saturated carbocycles. The maximum absolute atomic E-state index is 5.94. The van der Waals surface area contributed by atoms with Crippen LogP contribution in [0.25, 0.3) is 0 Å². The lowest BCUT2D eigenvalue weighted by Gasteiger charge is -2.23. The first-order valence-corrected chi connectivity index (χ1v) is 12.4. The number of rotatable bonds is 6. The maximum atomic E-state index is 5.94. The maximum Gasteiger partial charge on any atom is 0.241 e. The van der Waals surface area contributed by atoms with E-state index in [1.54, 1.807) is 0 Å². The molecule has 0 rings (SSSR count). The fourth-order valence-corrected chi connectivity index (χ4v) is 2.83. The van der Waals surface area contributed by atoms with E-state index in [2.05, 4.69) is 45.4 Å². The molecule has 0 aliphatic rings. The second-order valence-corrected chi connectivity index (χ2v) is 14.6. The van der Waals surface area contributed by atoms with Gasteiger partial charge in [-0.15, -0.1) is 0 Å². The first kappa shape index (κ1) is 14.9. The second-order valence-electron chi connectivity index (χ2n) is 5.68. The SMILES string of the molecule is C/C=C(/CCO[Si](C)(C)C)O[Si](C)(C)C. The lowest BCUT2D eigenvalue weighted by Crippen LogP contribution is -2.28. The zero-order chi connectivity index (χ0) is 12.1. The summed E-state index contributed by atoms with van der Waals surface area (Å²) in [6, 6.07) is 0. The fraction of sp³-hybridized carbons (Fsp3) is 0.818. The molecule has 4 heteroatoms. The Hall–Kier alpha value is -0.0662. The van der Waals surface area contributed by atoms with E-state index in [1.807, 2.05) is 6.92 Å². The highest BCUT2D eigenvalue weighted by Crippen LogP contribution is 2.14. The Bertz CT molecular complexity index is 212. The number of hydrogen-bond donors (Lipinski definition) is 0. The van der Waals surface area contributed by atoms with Gasteiger partial charge in [0.15, 0.2) is 8.32 Å². The first-order valence-electron chi connectivity index (χ1n) is 5.62. The largest absolute Gasteiger partial charge is 0.548 e. The van der Waals surface area contributed by atoms with Crippen molar-refractivity contribution in [2.45, 2.75) is 52.6 Å². The summed E-state index contributed by atoms with van der Waals surface area (Å²) in [5.74, 6) is 1.09. The van der Waals surface area contributed by atoms with Crippen molar-refractivity contribution in [3.05, 3.63) is 11.8 Å². The molecular formula is C11H26O2Si2. The van der Waals surface area contributed by atoms with Crippen LogP contribution >= 0.6 is 0 Å². The van der Waals surface area contributed by atoms with Gasteiger partial charge in [-0.3, -0.25) is 0 Å². The van der Waals surface area contributed by atoms with Gasteiger partial charge in [-0.2, -0.15) is 0 Å². The third-order valence-electron chi connectivity index (χ3n) is 1.64. The van der Waals surface area contributed by atoms with Crippen molar-refractivity contribution in [1.29, 1.82) is 0 Å². The van der Waals surface area contributed by atoms with Gasteiger partial charge in [0, 0.05) is 13.0 Å². The van der Waals surface area contributed by atoms with E-state index in [0.717, 1.165) is 18.8 Å². The fourth-order valence-electron chi connectivity index (χ4n) is 1.11. The zero-order valence-corrected chi connectivity index (χ0v) is 13.3. The minimum absolute atomic E-state index is 0.792. The lowest BCUT2D eigenvalue weighted by molar-refractivity contribution is 0.285. The van der Waals surface area contributed by atoms with E-state index in [0.29, 0.717) is 0 Å². The van der Waals surface area contributed by atoms with Crippen LogP contribution in [0.15, 0.2) is 11.8 Å². The molecule has 0 bridgehead atoms. The van der Waals surface area contributed by atoms with E-state index < -0.39 is 16.6 Å². The predicted molar refractivity (Wildman–Crippen MR) is 72.1 cm³/mol. The van der Waals surface area contributed by atoms with E-state index in [1.165, 1.54) is 0 Å². The Kier molecular flexibility index (Phi) is 5.84. The van der Waals surface area contributed by atoms with Crippen LogP contribution in [0.2, 0.25) is 39.3 Å². The van der Waals surface area contributed by atoms with Gasteiger partial charge in [0.1, 0.15) is 0 Å². The van der Waals surface area contributed by atoms with Gasteiger partial charge in [-0.25, -0.2) is 0 Å². The van der Waals surface area contributed by atoms with Crippen LogP contribution in [0.4, 0.5) is 0 Å². The van der Waals surface area contributed by atoms with Crippen LogP contribution in [0.1, 0.15) is 13.3 Å². The molecule has 0 unspecified atom stereocenters. The molecule has 0 atom stereocenters. The average Bonchev–Trinajstić information content (AvgIpc) is 1.97. The molecule has 0 fully saturated rings. The molecule has 0 saturated heterocycles. The Morgan fingerprint density at radius 2 is 1.53 bits per heavy atom. The third kappa shape index (κ3) is 10.2. The molecule has 0 aromatic heterocycles. The minimum atomic E-state index is -1.45. The molecule has 15 heavy (non-hydrogen) atoms. The molecule has 0 aromatic rings. The van der Waals surface area contributed by atoms with Gasteiger partial charge in [-0.1, -0.05) is 6.08 Å². The summed E-state index contributed by atoms with van der Waals surface area (Å²) in [6.45, 7) is 16.1. The molecule has 0 N–H and O–H groups in total. The quantitative estimate of drug-likeness (QED) is 0.521. The van der Waals surface area contributed by atoms with Crippen molar-refractivity contribution in [3.63, 3.8) is 0 Å². The van der Waals surface area contributed by atoms with E-state index in [-0.39, 0.29) is 0 Å². The predicted octanol–water partition coefficient (Wildman–Crippen LogP) is 3.98. The molecule has 90 valence electrons. The summed E-state index contributed by atoms with van der Waals surface area (Å²) in [5.41, 5.74) is 0. The molecular weight excluding hydrogens is 220 g/mol. The van der Waals surface area contributed by atoms with Gasteiger partial charge in [0.05, 0.1) is 5.76 Å². The molecule has 0 aromatic carbocycles. The molecule has 2 nitrogen and oxygen atoms in total. The highest BCUT2D eigenvalue weighted by atomic mass is 28.4. The van der Waals surface area contributed by atoms with Gasteiger partial charge in [0.25, 0.3) is 0 Å². The average molecular weight is 246 g/mol. The smallest absolute Gasteiger partial charge is 0.241 e. The molecule has 0 spiro atoms. The van der Waals surface area contributed by atoms with E-state index in [4.69, 9.17) is 8.85 Å². The van der Waals surface area contributed by atoms with Crippen LogP contribution < -0.4 is 0 Å². The van der Waals surface area contributed by atoms with Gasteiger partial charge in [0.2, 0.25) is 8.32 Å². The van der Waals surface area contributed by atoms with Crippen molar-refractivity contribution in [3.8, 4) is 0 Å². The number of hydrogen-bond acceptors (Lipinski definition) is 2. The van der Waals surface area contributed by atoms with Crippen molar-refractivity contribution >= 4 is 16.6 Å². The Balaban J connectivity index is 3.94. The van der Waals surface area contributed by atoms with E-state index in [9.17, 15) is 0 Å². The van der Waals surface area contributed by atoms with Crippen molar-refractivity contribution in [2.75, 3.05) is 6.61 Å². The Morgan fingerprint density at radius 3 is 1.87 bits per heavy atom. The summed E-state index contributed by atoms with van der Waals surface area (Å²) in [4.78, 5) is 0. The van der Waals surface area contributed by atoms with Crippen LogP contribution in [0.5, 0.6) is 0 Å². The summed E-state index contributed by atoms with van der Waals surface area (Å²) in [6.07, 6.45) is 2.97. The van der Waals surface area contributed by atoms with Gasteiger partial charge in [-0.05, 0) is 46.2 Å². The monoisotopic (exact) mass is 246 g/mol. The summed E-state index contributed by atoms with van der Waals surface area (Å²) < 4.78 is 11.7. The van der Waals surface area contributed by atoms with Gasteiger partial charge >= 0.3 is 0 Å². The Morgan fingerprint density at radius 1 is 1.00 bits per heavy atom. The highest BCUT2D eigenvalue weighted by molar-refractivity contribution is 6.70. The number of allylic oxidation sites excluding steroid dienone is 1. The van der Waals surface area contributed by atoms with Crippen LogP contribution in [-0.2, 0) is 8.85 Å². The third-order valence-corrected chi connectivity index (χ3v) is 3.59.